The minimum absolute atomic E-state index is 0.230. The molecule has 3 N–H and O–H groups in total. The lowest BCUT2D eigenvalue weighted by molar-refractivity contribution is 0.201. The van der Waals surface area contributed by atoms with Gasteiger partial charge in [-0.05, 0) is 68.5 Å². The molecule has 0 unspecified atom stereocenters. The Morgan fingerprint density at radius 2 is 1.82 bits per heavy atom. The van der Waals surface area contributed by atoms with Crippen molar-refractivity contribution in [2.24, 2.45) is 0 Å². The first-order chi connectivity index (χ1) is 18.3. The molecule has 194 valence electrons. The summed E-state index contributed by atoms with van der Waals surface area (Å²) in [6.45, 7) is 1.04. The Kier molecular flexibility index (Phi) is 6.89. The third-order valence-electron chi connectivity index (χ3n) is 6.43. The van der Waals surface area contributed by atoms with Gasteiger partial charge < -0.3 is 15.0 Å². The highest BCUT2D eigenvalue weighted by molar-refractivity contribution is 5.89. The molecule has 2 aromatic heterocycles. The molecule has 0 bridgehead atoms. The number of amides is 1. The molecule has 1 amide bonds. The average molecular weight is 515 g/mol. The highest BCUT2D eigenvalue weighted by Gasteiger charge is 2.19. The van der Waals surface area contributed by atoms with Crippen molar-refractivity contribution in [1.82, 2.24) is 25.1 Å². The Balaban J connectivity index is 1.45. The predicted molar refractivity (Wildman–Crippen MR) is 145 cm³/mol. The number of imidazole rings is 1. The molecule has 0 saturated heterocycles. The second-order valence-corrected chi connectivity index (χ2v) is 9.42. The van der Waals surface area contributed by atoms with Crippen LogP contribution in [-0.4, -0.2) is 63.4 Å². The van der Waals surface area contributed by atoms with Crippen LogP contribution in [0.3, 0.4) is 0 Å². The second kappa shape index (κ2) is 10.4. The maximum atomic E-state index is 15.0. The molecule has 0 fully saturated rings. The third-order valence-corrected chi connectivity index (χ3v) is 6.43. The number of anilines is 1. The average Bonchev–Trinajstić information content (AvgIpc) is 3.32. The van der Waals surface area contributed by atoms with E-state index in [4.69, 9.17) is 0 Å². The molecule has 38 heavy (non-hydrogen) atoms. The van der Waals surface area contributed by atoms with Gasteiger partial charge in [-0.1, -0.05) is 30.3 Å². The number of carbonyl (C=O) groups is 1. The smallest absolute Gasteiger partial charge is 0.414 e. The van der Waals surface area contributed by atoms with Gasteiger partial charge in [0, 0.05) is 23.9 Å². The van der Waals surface area contributed by atoms with Crippen LogP contribution >= 0.6 is 0 Å². The van der Waals surface area contributed by atoms with Gasteiger partial charge in [0.2, 0.25) is 5.95 Å². The minimum Gasteiger partial charge on any atom is -0.465 e. The van der Waals surface area contributed by atoms with Crippen molar-refractivity contribution in [2.45, 2.75) is 12.8 Å². The molecular weight excluding hydrogens is 487 g/mol. The van der Waals surface area contributed by atoms with Gasteiger partial charge in [-0.25, -0.2) is 24.2 Å². The predicted octanol–water partition coefficient (Wildman–Crippen LogP) is 4.63. The Morgan fingerprint density at radius 1 is 1.03 bits per heavy atom. The number of rotatable bonds is 8. The van der Waals surface area contributed by atoms with E-state index in [2.05, 4.69) is 20.2 Å². The van der Waals surface area contributed by atoms with E-state index < -0.39 is 6.09 Å². The molecular formula is C28H27FN6O3. The zero-order valence-corrected chi connectivity index (χ0v) is 21.0. The summed E-state index contributed by atoms with van der Waals surface area (Å²) in [6.07, 6.45) is -0.0363. The molecule has 10 heteroatoms. The molecule has 3 aromatic carbocycles. The fraction of sp³-hybridized carbons (Fsp3) is 0.214. The summed E-state index contributed by atoms with van der Waals surface area (Å²) in [5.41, 5.74) is 3.48. The molecule has 0 radical (unpaired) electrons. The van der Waals surface area contributed by atoms with E-state index in [1.165, 1.54) is 11.0 Å². The van der Waals surface area contributed by atoms with Crippen molar-refractivity contribution in [2.75, 3.05) is 32.1 Å². The molecule has 0 aliphatic rings. The zero-order chi connectivity index (χ0) is 26.8. The number of benzene rings is 3. The summed E-state index contributed by atoms with van der Waals surface area (Å²) in [5, 5.41) is 17.8. The van der Waals surface area contributed by atoms with Gasteiger partial charge in [0.15, 0.2) is 0 Å². The van der Waals surface area contributed by atoms with Gasteiger partial charge in [0.25, 0.3) is 5.56 Å². The van der Waals surface area contributed by atoms with Crippen LogP contribution in [-0.2, 0) is 6.42 Å². The number of carboxylic acid groups (broad SMARTS) is 1. The summed E-state index contributed by atoms with van der Waals surface area (Å²) >= 11 is 0. The van der Waals surface area contributed by atoms with Gasteiger partial charge in [0.05, 0.1) is 22.1 Å². The molecule has 0 aliphatic carbocycles. The summed E-state index contributed by atoms with van der Waals surface area (Å²) in [5.74, 6) is -0.156. The highest BCUT2D eigenvalue weighted by atomic mass is 19.1. The first-order valence-corrected chi connectivity index (χ1v) is 12.2. The summed E-state index contributed by atoms with van der Waals surface area (Å²) in [7, 11) is 3.86. The van der Waals surface area contributed by atoms with Gasteiger partial charge in [-0.15, -0.1) is 0 Å². The van der Waals surface area contributed by atoms with Crippen molar-refractivity contribution in [3.8, 4) is 11.1 Å². The number of aromatic nitrogens is 4. The lowest BCUT2D eigenvalue weighted by Crippen LogP contribution is -2.32. The van der Waals surface area contributed by atoms with E-state index in [-0.39, 0.29) is 17.3 Å². The summed E-state index contributed by atoms with van der Waals surface area (Å²) in [6, 6.07) is 17.4. The van der Waals surface area contributed by atoms with Crippen LogP contribution in [0, 0.1) is 5.82 Å². The van der Waals surface area contributed by atoms with Crippen molar-refractivity contribution in [3.63, 3.8) is 0 Å². The lowest BCUT2D eigenvalue weighted by atomic mass is 9.98. The standard InChI is InChI=1S/C28H27FN6O3/c1-34(2)12-5-13-35(28(37)38)27-30-23-11-9-18(16-25(23)31-27)21-14-17(8-10-22(21)29)15-24-19-6-3-4-7-20(19)26(36)33-32-24/h3-4,6-11,14,16H,5,12-13,15H2,1-2H3,(H,30,31)(H,33,36)(H,37,38). The normalized spacial score (nSPS) is 11.5. The number of halogens is 1. The number of H-pyrrole nitrogens is 2. The van der Waals surface area contributed by atoms with Gasteiger partial charge >= 0.3 is 6.09 Å². The van der Waals surface area contributed by atoms with Crippen molar-refractivity contribution in [3.05, 3.63) is 88.1 Å². The maximum absolute atomic E-state index is 15.0. The van der Waals surface area contributed by atoms with Crippen molar-refractivity contribution >= 4 is 33.8 Å². The summed E-state index contributed by atoms with van der Waals surface area (Å²) in [4.78, 5) is 34.7. The van der Waals surface area contributed by atoms with Crippen LogP contribution < -0.4 is 10.5 Å². The topological polar surface area (TPSA) is 118 Å². The van der Waals surface area contributed by atoms with Crippen LogP contribution in [0.5, 0.6) is 0 Å². The van der Waals surface area contributed by atoms with Crippen LogP contribution in [0.25, 0.3) is 32.9 Å². The Morgan fingerprint density at radius 3 is 2.58 bits per heavy atom. The number of nitrogens with one attached hydrogen (secondary N) is 2. The monoisotopic (exact) mass is 514 g/mol. The fourth-order valence-corrected chi connectivity index (χ4v) is 4.53. The molecule has 0 spiro atoms. The number of nitrogens with zero attached hydrogens (tertiary/aromatic N) is 4. The quantitative estimate of drug-likeness (QED) is 0.278. The second-order valence-electron chi connectivity index (χ2n) is 9.42. The van der Waals surface area contributed by atoms with Gasteiger partial charge in [0.1, 0.15) is 5.82 Å². The third kappa shape index (κ3) is 5.12. The largest absolute Gasteiger partial charge is 0.465 e. The molecule has 0 atom stereocenters. The Bertz CT molecular complexity index is 1690. The first-order valence-electron chi connectivity index (χ1n) is 12.2. The molecule has 5 rings (SSSR count). The lowest BCUT2D eigenvalue weighted by Gasteiger charge is -2.17. The van der Waals surface area contributed by atoms with E-state index in [0.717, 1.165) is 17.5 Å². The fourth-order valence-electron chi connectivity index (χ4n) is 4.53. The SMILES string of the molecule is CN(C)CCCN(C(=O)O)c1nc2ccc(-c3cc(Cc4n[nH]c(=O)c5ccccc45)ccc3F)cc2[nH]1. The zero-order valence-electron chi connectivity index (χ0n) is 21.0. The van der Waals surface area contributed by atoms with Crippen LogP contribution in [0.4, 0.5) is 15.1 Å². The summed E-state index contributed by atoms with van der Waals surface area (Å²) < 4.78 is 15.0. The van der Waals surface area contributed by atoms with Crippen LogP contribution in [0.15, 0.2) is 65.5 Å². The molecule has 0 aliphatic heterocycles. The van der Waals surface area contributed by atoms with E-state index in [0.29, 0.717) is 52.6 Å². The van der Waals surface area contributed by atoms with Crippen molar-refractivity contribution < 1.29 is 14.3 Å². The molecule has 9 nitrogen and oxygen atoms in total. The Hall–Kier alpha value is -4.57. The van der Waals surface area contributed by atoms with Crippen LogP contribution in [0.1, 0.15) is 17.7 Å². The number of hydrogen-bond acceptors (Lipinski definition) is 5. The van der Waals surface area contributed by atoms with E-state index in [1.807, 2.05) is 31.1 Å². The van der Waals surface area contributed by atoms with Gasteiger partial charge in [-0.3, -0.25) is 4.79 Å². The first kappa shape index (κ1) is 25.1. The molecule has 5 aromatic rings. The van der Waals surface area contributed by atoms with Crippen LogP contribution in [0.2, 0.25) is 0 Å². The Labute approximate surface area is 217 Å². The van der Waals surface area contributed by atoms with Crippen molar-refractivity contribution in [1.29, 1.82) is 0 Å². The number of aromatic amines is 2. The van der Waals surface area contributed by atoms with E-state index in [1.54, 1.807) is 42.5 Å². The molecule has 0 saturated carbocycles. The van der Waals surface area contributed by atoms with E-state index in [9.17, 15) is 19.1 Å². The maximum Gasteiger partial charge on any atom is 0.414 e. The van der Waals surface area contributed by atoms with Gasteiger partial charge in [-0.2, -0.15) is 5.10 Å². The highest BCUT2D eigenvalue weighted by Crippen LogP contribution is 2.29. The molecule has 2 heterocycles. The number of fused-ring (bicyclic) bond motifs is 2. The van der Waals surface area contributed by atoms with E-state index >= 15 is 0 Å². The minimum atomic E-state index is -1.09. The number of hydrogen-bond donors (Lipinski definition) is 3.